The van der Waals surface area contributed by atoms with Crippen molar-refractivity contribution < 1.29 is 32.9 Å². The van der Waals surface area contributed by atoms with Gasteiger partial charge in [0.1, 0.15) is 5.82 Å². The van der Waals surface area contributed by atoms with E-state index in [1.165, 1.54) is 35.1 Å². The number of fused-ring (bicyclic) bond motifs is 2. The lowest BCUT2D eigenvalue weighted by atomic mass is 9.95. The van der Waals surface area contributed by atoms with Gasteiger partial charge in [0.2, 0.25) is 0 Å². The lowest BCUT2D eigenvalue weighted by Crippen LogP contribution is -2.40. The van der Waals surface area contributed by atoms with Gasteiger partial charge in [-0.15, -0.1) is 0 Å². The van der Waals surface area contributed by atoms with Gasteiger partial charge in [-0.1, -0.05) is 47.7 Å². The number of ether oxygens (including phenoxy) is 4. The summed E-state index contributed by atoms with van der Waals surface area (Å²) in [5.74, 6) is -0.804. The van der Waals surface area contributed by atoms with Crippen molar-refractivity contribution in [3.05, 3.63) is 126 Å². The molecule has 3 aromatic carbocycles. The number of nitrogens with zero attached hydrogens (tertiary/aromatic N) is 3. The zero-order chi connectivity index (χ0) is 34.7. The van der Waals surface area contributed by atoms with E-state index in [0.29, 0.717) is 45.2 Å². The fourth-order valence-electron chi connectivity index (χ4n) is 5.83. The molecule has 5 aromatic rings. The number of carbonyl (C=O) groups excluding carboxylic acids is 2. The Morgan fingerprint density at radius 2 is 1.78 bits per heavy atom. The van der Waals surface area contributed by atoms with Crippen molar-refractivity contribution in [2.45, 2.75) is 33.4 Å². The number of halogens is 1. The second kappa shape index (κ2) is 14.3. The summed E-state index contributed by atoms with van der Waals surface area (Å²) < 4.78 is 39.2. The van der Waals surface area contributed by atoms with Gasteiger partial charge in [0.15, 0.2) is 22.9 Å². The molecular weight excluding hydrogens is 649 g/mol. The van der Waals surface area contributed by atoms with E-state index in [1.807, 2.05) is 43.5 Å². The minimum absolute atomic E-state index is 0.138. The summed E-state index contributed by atoms with van der Waals surface area (Å²) in [7, 11) is 1.27. The van der Waals surface area contributed by atoms with Crippen LogP contribution in [-0.2, 0) is 25.6 Å². The van der Waals surface area contributed by atoms with Crippen molar-refractivity contribution in [3.63, 3.8) is 0 Å². The number of allylic oxidation sites excluding steroid dienone is 1. The number of hydrogen-bond donors (Lipinski definition) is 0. The lowest BCUT2D eigenvalue weighted by Gasteiger charge is -2.25. The predicted octanol–water partition coefficient (Wildman–Crippen LogP) is 4.89. The van der Waals surface area contributed by atoms with Crippen molar-refractivity contribution >= 4 is 40.3 Å². The van der Waals surface area contributed by atoms with Crippen LogP contribution in [0.25, 0.3) is 17.0 Å². The molecule has 0 saturated carbocycles. The molecule has 0 unspecified atom stereocenters. The molecule has 10 nitrogen and oxygen atoms in total. The molecule has 0 fully saturated rings. The Hall–Kier alpha value is -5.49. The highest BCUT2D eigenvalue weighted by Crippen LogP contribution is 2.36. The molecule has 0 radical (unpaired) electrons. The minimum atomic E-state index is -0.883. The maximum Gasteiger partial charge on any atom is 0.343 e. The number of esters is 2. The first kappa shape index (κ1) is 33.4. The highest BCUT2D eigenvalue weighted by atomic mass is 32.1. The van der Waals surface area contributed by atoms with E-state index in [9.17, 15) is 18.8 Å². The Bertz CT molecular complexity index is 2270. The Morgan fingerprint density at radius 1 is 1.00 bits per heavy atom. The molecule has 49 heavy (non-hydrogen) atoms. The summed E-state index contributed by atoms with van der Waals surface area (Å²) in [6, 6.07) is 18.4. The normalized spacial score (nSPS) is 14.4. The second-order valence-electron chi connectivity index (χ2n) is 11.2. The third kappa shape index (κ3) is 6.77. The fourth-order valence-corrected chi connectivity index (χ4v) is 6.87. The molecule has 0 aliphatic carbocycles. The summed E-state index contributed by atoms with van der Waals surface area (Å²) in [5, 5.41) is 0.944. The zero-order valence-corrected chi connectivity index (χ0v) is 28.2. The van der Waals surface area contributed by atoms with Gasteiger partial charge < -0.3 is 23.5 Å². The van der Waals surface area contributed by atoms with E-state index >= 15 is 0 Å². The average Bonchev–Trinajstić information content (AvgIpc) is 3.60. The van der Waals surface area contributed by atoms with Crippen molar-refractivity contribution in [1.82, 2.24) is 9.13 Å². The van der Waals surface area contributed by atoms with Gasteiger partial charge in [-0.3, -0.25) is 9.36 Å². The Morgan fingerprint density at radius 3 is 2.51 bits per heavy atom. The number of benzene rings is 3. The van der Waals surface area contributed by atoms with Crippen molar-refractivity contribution in [2.75, 3.05) is 26.9 Å². The minimum Gasteiger partial charge on any atom is -0.490 e. The Kier molecular flexibility index (Phi) is 9.77. The summed E-state index contributed by atoms with van der Waals surface area (Å²) in [6.45, 7) is 5.87. The van der Waals surface area contributed by atoms with E-state index in [1.54, 1.807) is 44.2 Å². The molecule has 0 amide bonds. The van der Waals surface area contributed by atoms with Crippen LogP contribution in [0.4, 0.5) is 4.39 Å². The molecule has 0 saturated heterocycles. The maximum absolute atomic E-state index is 14.3. The van der Waals surface area contributed by atoms with Gasteiger partial charge >= 0.3 is 11.9 Å². The van der Waals surface area contributed by atoms with E-state index in [-0.39, 0.29) is 30.2 Å². The summed E-state index contributed by atoms with van der Waals surface area (Å²) in [5.41, 5.74) is 3.60. The third-order valence-electron chi connectivity index (χ3n) is 8.05. The van der Waals surface area contributed by atoms with E-state index < -0.39 is 18.0 Å². The molecule has 1 atom stereocenters. The average molecular weight is 684 g/mol. The molecule has 252 valence electrons. The van der Waals surface area contributed by atoms with Crippen LogP contribution in [0, 0.1) is 5.82 Å². The summed E-state index contributed by atoms with van der Waals surface area (Å²) in [4.78, 5) is 44.6. The fraction of sp³-hybridized carbons (Fsp3) is 0.243. The van der Waals surface area contributed by atoms with Crippen LogP contribution in [-0.4, -0.2) is 48.0 Å². The third-order valence-corrected chi connectivity index (χ3v) is 9.03. The molecule has 0 spiro atoms. The van der Waals surface area contributed by atoms with Gasteiger partial charge in [-0.25, -0.2) is 19.0 Å². The van der Waals surface area contributed by atoms with E-state index in [2.05, 4.69) is 4.57 Å². The van der Waals surface area contributed by atoms with Gasteiger partial charge in [0.05, 0.1) is 42.2 Å². The smallest absolute Gasteiger partial charge is 0.343 e. The van der Waals surface area contributed by atoms with Crippen LogP contribution >= 0.6 is 11.3 Å². The summed E-state index contributed by atoms with van der Waals surface area (Å²) >= 11 is 1.22. The first-order valence-electron chi connectivity index (χ1n) is 15.7. The SMILES string of the molecule is CCOC(=O)C1=C(C)N=c2s/c(=C\c3cn(Cc4ccc(F)cc4)c4ccccc34)c(=O)n2[C@@H]1c1ccc(OCC(=O)OC)c(OCC)c1. The maximum atomic E-state index is 14.3. The van der Waals surface area contributed by atoms with Crippen LogP contribution in [0.3, 0.4) is 0 Å². The van der Waals surface area contributed by atoms with Crippen LogP contribution in [0.1, 0.15) is 43.5 Å². The first-order valence-corrected chi connectivity index (χ1v) is 16.5. The van der Waals surface area contributed by atoms with Gasteiger partial charge in [-0.2, -0.15) is 0 Å². The molecule has 6 rings (SSSR count). The van der Waals surface area contributed by atoms with Crippen LogP contribution in [0.2, 0.25) is 0 Å². The van der Waals surface area contributed by atoms with E-state index in [4.69, 9.17) is 23.9 Å². The van der Waals surface area contributed by atoms with Gasteiger partial charge in [-0.05, 0) is 68.3 Å². The van der Waals surface area contributed by atoms with Crippen LogP contribution in [0.5, 0.6) is 11.5 Å². The van der Waals surface area contributed by atoms with Gasteiger partial charge in [0, 0.05) is 29.2 Å². The molecule has 1 aliphatic rings. The standard InChI is InChI=1S/C37H34FN3O7S/c1-5-46-30-17-24(13-16-29(30)48-21-32(42)45-4)34-33(36(44)47-6-2)22(3)39-37-41(34)35(43)31(49-37)18-25-20-40(28-10-8-7-9-27(25)28)19-23-11-14-26(38)15-12-23/h7-18,20,34H,5-6,19,21H2,1-4H3/b31-18-/t34-/m1/s1. The van der Waals surface area contributed by atoms with Crippen molar-refractivity contribution in [1.29, 1.82) is 0 Å². The summed E-state index contributed by atoms with van der Waals surface area (Å²) in [6.07, 6.45) is 3.81. The molecule has 0 bridgehead atoms. The molecule has 1 aliphatic heterocycles. The first-order chi connectivity index (χ1) is 23.7. The number of para-hydroxylation sites is 1. The number of aromatic nitrogens is 2. The molecule has 3 heterocycles. The number of methoxy groups -OCH3 is 1. The number of carbonyl (C=O) groups is 2. The monoisotopic (exact) mass is 683 g/mol. The molecule has 0 N–H and O–H groups in total. The molecule has 12 heteroatoms. The lowest BCUT2D eigenvalue weighted by molar-refractivity contribution is -0.143. The van der Waals surface area contributed by atoms with Crippen molar-refractivity contribution in [3.8, 4) is 11.5 Å². The highest BCUT2D eigenvalue weighted by Gasteiger charge is 2.34. The largest absolute Gasteiger partial charge is 0.490 e. The Balaban J connectivity index is 1.48. The van der Waals surface area contributed by atoms with Crippen LogP contribution in [0.15, 0.2) is 94.0 Å². The number of hydrogen-bond acceptors (Lipinski definition) is 9. The highest BCUT2D eigenvalue weighted by molar-refractivity contribution is 7.07. The topological polar surface area (TPSA) is 110 Å². The number of thiazole rings is 1. The quantitative estimate of drug-likeness (QED) is 0.183. The van der Waals surface area contributed by atoms with Crippen molar-refractivity contribution in [2.24, 2.45) is 4.99 Å². The number of rotatable bonds is 11. The van der Waals surface area contributed by atoms with Gasteiger partial charge in [0.25, 0.3) is 5.56 Å². The predicted molar refractivity (Wildman–Crippen MR) is 183 cm³/mol. The molecular formula is C37H34FN3O7S. The van der Waals surface area contributed by atoms with Crippen LogP contribution < -0.4 is 24.4 Å². The Labute approximate surface area is 284 Å². The van der Waals surface area contributed by atoms with E-state index in [0.717, 1.165) is 22.0 Å². The molecule has 2 aromatic heterocycles. The second-order valence-corrected chi connectivity index (χ2v) is 12.2. The zero-order valence-electron chi connectivity index (χ0n) is 27.4.